The van der Waals surface area contributed by atoms with Crippen molar-refractivity contribution in [1.82, 2.24) is 0 Å². The molecule has 2 nitrogen and oxygen atoms in total. The van der Waals surface area contributed by atoms with E-state index in [-0.39, 0.29) is 11.7 Å². The van der Waals surface area contributed by atoms with E-state index in [1.807, 2.05) is 0 Å². The van der Waals surface area contributed by atoms with Crippen molar-refractivity contribution >= 4 is 17.6 Å². The summed E-state index contributed by atoms with van der Waals surface area (Å²) in [5.74, 6) is -0.522. The fourth-order valence-electron chi connectivity index (χ4n) is 2.22. The molecule has 1 fully saturated rings. The second kappa shape index (κ2) is 5.70. The fraction of sp³-hybridized carbons (Fsp3) is 0.500. The van der Waals surface area contributed by atoms with Crippen molar-refractivity contribution in [2.75, 3.05) is 0 Å². The standard InChI is InChI=1S/C14H16ClFO2/c1-9-2-5-11(6-3-9)18-14(17)12-8-10(15)4-7-13(12)16/h4,7-9,11H,2-3,5-6H2,1H3. The lowest BCUT2D eigenvalue weighted by atomic mass is 9.89. The zero-order valence-electron chi connectivity index (χ0n) is 10.3. The van der Waals surface area contributed by atoms with Gasteiger partial charge in [0.25, 0.3) is 0 Å². The maximum absolute atomic E-state index is 13.5. The molecule has 0 unspecified atom stereocenters. The minimum atomic E-state index is -0.616. The second-order valence-electron chi connectivity index (χ2n) is 4.91. The quantitative estimate of drug-likeness (QED) is 0.753. The van der Waals surface area contributed by atoms with Crippen molar-refractivity contribution in [2.24, 2.45) is 5.92 Å². The Bertz CT molecular complexity index is 439. The van der Waals surface area contributed by atoms with E-state index in [9.17, 15) is 9.18 Å². The molecule has 0 bridgehead atoms. The molecular weight excluding hydrogens is 255 g/mol. The molecule has 0 radical (unpaired) electrons. The van der Waals surface area contributed by atoms with E-state index < -0.39 is 11.8 Å². The summed E-state index contributed by atoms with van der Waals surface area (Å²) in [4.78, 5) is 11.8. The van der Waals surface area contributed by atoms with Crippen LogP contribution in [0.3, 0.4) is 0 Å². The van der Waals surface area contributed by atoms with Gasteiger partial charge >= 0.3 is 5.97 Å². The zero-order valence-corrected chi connectivity index (χ0v) is 11.0. The summed E-state index contributed by atoms with van der Waals surface area (Å²) in [5, 5.41) is 0.334. The van der Waals surface area contributed by atoms with Crippen LogP contribution in [0.2, 0.25) is 5.02 Å². The summed E-state index contributed by atoms with van der Waals surface area (Å²) in [6.07, 6.45) is 3.72. The second-order valence-corrected chi connectivity index (χ2v) is 5.35. The third-order valence-electron chi connectivity index (χ3n) is 3.38. The summed E-state index contributed by atoms with van der Waals surface area (Å²) in [6, 6.07) is 3.91. The van der Waals surface area contributed by atoms with Crippen LogP contribution in [0.4, 0.5) is 4.39 Å². The van der Waals surface area contributed by atoms with Crippen LogP contribution in [0.15, 0.2) is 18.2 Å². The third-order valence-corrected chi connectivity index (χ3v) is 3.62. The van der Waals surface area contributed by atoms with Crippen LogP contribution in [0.25, 0.3) is 0 Å². The number of halogens is 2. The Morgan fingerprint density at radius 2 is 2.00 bits per heavy atom. The van der Waals surface area contributed by atoms with Crippen LogP contribution >= 0.6 is 11.6 Å². The number of esters is 1. The van der Waals surface area contributed by atoms with Gasteiger partial charge in [-0.05, 0) is 49.8 Å². The van der Waals surface area contributed by atoms with Crippen LogP contribution in [-0.2, 0) is 4.74 Å². The van der Waals surface area contributed by atoms with E-state index in [0.29, 0.717) is 10.9 Å². The Morgan fingerprint density at radius 1 is 1.33 bits per heavy atom. The largest absolute Gasteiger partial charge is 0.459 e. The van der Waals surface area contributed by atoms with Crippen molar-refractivity contribution in [1.29, 1.82) is 0 Å². The topological polar surface area (TPSA) is 26.3 Å². The van der Waals surface area contributed by atoms with Gasteiger partial charge in [0.2, 0.25) is 0 Å². The number of benzene rings is 1. The van der Waals surface area contributed by atoms with E-state index >= 15 is 0 Å². The Hall–Kier alpha value is -1.09. The molecule has 2 rings (SSSR count). The van der Waals surface area contributed by atoms with E-state index in [1.54, 1.807) is 0 Å². The van der Waals surface area contributed by atoms with Crippen LogP contribution in [0.1, 0.15) is 43.0 Å². The summed E-state index contributed by atoms with van der Waals surface area (Å²) in [5.41, 5.74) is -0.0823. The summed E-state index contributed by atoms with van der Waals surface area (Å²) in [6.45, 7) is 2.19. The smallest absolute Gasteiger partial charge is 0.341 e. The SMILES string of the molecule is CC1CCC(OC(=O)c2cc(Cl)ccc2F)CC1. The van der Waals surface area contributed by atoms with Crippen LogP contribution in [0, 0.1) is 11.7 Å². The molecule has 0 N–H and O–H groups in total. The highest BCUT2D eigenvalue weighted by molar-refractivity contribution is 6.30. The maximum Gasteiger partial charge on any atom is 0.341 e. The molecule has 0 saturated heterocycles. The molecule has 0 heterocycles. The first-order valence-corrected chi connectivity index (χ1v) is 6.60. The zero-order chi connectivity index (χ0) is 13.1. The molecule has 0 aliphatic heterocycles. The highest BCUT2D eigenvalue weighted by atomic mass is 35.5. The summed E-state index contributed by atoms with van der Waals surface area (Å²) in [7, 11) is 0. The van der Waals surface area contributed by atoms with E-state index in [2.05, 4.69) is 6.92 Å². The summed E-state index contributed by atoms with van der Waals surface area (Å²) >= 11 is 5.75. The van der Waals surface area contributed by atoms with Gasteiger partial charge in [0.05, 0.1) is 5.56 Å². The van der Waals surface area contributed by atoms with Gasteiger partial charge in [-0.1, -0.05) is 18.5 Å². The van der Waals surface area contributed by atoms with Gasteiger partial charge in [0, 0.05) is 5.02 Å². The molecule has 1 aromatic rings. The van der Waals surface area contributed by atoms with Crippen molar-refractivity contribution in [3.63, 3.8) is 0 Å². The molecule has 0 spiro atoms. The first-order valence-electron chi connectivity index (χ1n) is 6.22. The van der Waals surface area contributed by atoms with Gasteiger partial charge < -0.3 is 4.74 Å². The van der Waals surface area contributed by atoms with Gasteiger partial charge in [-0.2, -0.15) is 0 Å². The third kappa shape index (κ3) is 3.22. The molecule has 4 heteroatoms. The number of carbonyl (C=O) groups is 1. The molecule has 1 aromatic carbocycles. The fourth-order valence-corrected chi connectivity index (χ4v) is 2.39. The lowest BCUT2D eigenvalue weighted by molar-refractivity contribution is 0.0169. The highest BCUT2D eigenvalue weighted by Crippen LogP contribution is 2.26. The molecule has 0 aromatic heterocycles. The van der Waals surface area contributed by atoms with Gasteiger partial charge in [0.1, 0.15) is 11.9 Å². The Morgan fingerprint density at radius 3 is 2.67 bits per heavy atom. The lowest BCUT2D eigenvalue weighted by Crippen LogP contribution is -2.24. The average Bonchev–Trinajstić information content (AvgIpc) is 2.35. The van der Waals surface area contributed by atoms with Crippen molar-refractivity contribution in [2.45, 2.75) is 38.7 Å². The predicted octanol–water partition coefficient (Wildman–Crippen LogP) is 4.21. The first-order chi connectivity index (χ1) is 8.56. The van der Waals surface area contributed by atoms with Gasteiger partial charge in [0.15, 0.2) is 0 Å². The Kier molecular flexibility index (Phi) is 4.23. The first kappa shape index (κ1) is 13.3. The molecule has 1 saturated carbocycles. The Labute approximate surface area is 111 Å². The van der Waals surface area contributed by atoms with E-state index in [4.69, 9.17) is 16.3 Å². The average molecular weight is 271 g/mol. The molecule has 1 aliphatic carbocycles. The minimum Gasteiger partial charge on any atom is -0.459 e. The maximum atomic E-state index is 13.5. The van der Waals surface area contributed by atoms with Crippen molar-refractivity contribution in [3.05, 3.63) is 34.6 Å². The number of hydrogen-bond donors (Lipinski definition) is 0. The normalized spacial score (nSPS) is 23.7. The molecule has 0 atom stereocenters. The lowest BCUT2D eigenvalue weighted by Gasteiger charge is -2.26. The highest BCUT2D eigenvalue weighted by Gasteiger charge is 2.23. The van der Waals surface area contributed by atoms with Gasteiger partial charge in [-0.25, -0.2) is 9.18 Å². The predicted molar refractivity (Wildman–Crippen MR) is 68.2 cm³/mol. The van der Waals surface area contributed by atoms with Crippen LogP contribution < -0.4 is 0 Å². The molecule has 0 amide bonds. The van der Waals surface area contributed by atoms with Crippen molar-refractivity contribution < 1.29 is 13.9 Å². The van der Waals surface area contributed by atoms with Gasteiger partial charge in [-0.15, -0.1) is 0 Å². The Balaban J connectivity index is 2.01. The number of ether oxygens (including phenoxy) is 1. The minimum absolute atomic E-state index is 0.0823. The van der Waals surface area contributed by atoms with E-state index in [1.165, 1.54) is 18.2 Å². The monoisotopic (exact) mass is 270 g/mol. The summed E-state index contributed by atoms with van der Waals surface area (Å²) < 4.78 is 18.8. The van der Waals surface area contributed by atoms with E-state index in [0.717, 1.165) is 25.7 Å². The molecular formula is C14H16ClFO2. The molecule has 18 heavy (non-hydrogen) atoms. The number of carbonyl (C=O) groups excluding carboxylic acids is 1. The van der Waals surface area contributed by atoms with Crippen LogP contribution in [-0.4, -0.2) is 12.1 Å². The molecule has 1 aliphatic rings. The number of hydrogen-bond acceptors (Lipinski definition) is 2. The number of rotatable bonds is 2. The van der Waals surface area contributed by atoms with Gasteiger partial charge in [-0.3, -0.25) is 0 Å². The van der Waals surface area contributed by atoms with Crippen molar-refractivity contribution in [3.8, 4) is 0 Å². The van der Waals surface area contributed by atoms with Crippen LogP contribution in [0.5, 0.6) is 0 Å². The molecule has 98 valence electrons.